The molecule has 2 aromatic rings. The number of methoxy groups -OCH3 is 1. The van der Waals surface area contributed by atoms with E-state index in [9.17, 15) is 0 Å². The van der Waals surface area contributed by atoms with Crippen LogP contribution in [0.2, 0.25) is 0 Å². The van der Waals surface area contributed by atoms with Crippen LogP contribution < -0.4 is 16.6 Å². The Balaban J connectivity index is 2.21. The number of anilines is 2. The molecule has 19 heavy (non-hydrogen) atoms. The maximum absolute atomic E-state index is 5.34. The molecule has 0 fully saturated rings. The third-order valence-electron chi connectivity index (χ3n) is 2.44. The largest absolute Gasteiger partial charge is 0.380 e. The first-order valence-electron chi connectivity index (χ1n) is 5.70. The lowest BCUT2D eigenvalue weighted by atomic mass is 10.4. The summed E-state index contributed by atoms with van der Waals surface area (Å²) in [7, 11) is 1.64. The van der Waals surface area contributed by atoms with Crippen LogP contribution in [0.4, 0.5) is 11.9 Å². The minimum Gasteiger partial charge on any atom is -0.380 e. The average molecular weight is 264 g/mol. The second kappa shape index (κ2) is 6.07. The highest BCUT2D eigenvalue weighted by Crippen LogP contribution is 2.08. The van der Waals surface area contributed by atoms with Gasteiger partial charge in [0.2, 0.25) is 17.8 Å². The molecule has 0 amide bonds. The topological polar surface area (TPSA) is 116 Å². The van der Waals surface area contributed by atoms with Crippen molar-refractivity contribution >= 4 is 11.9 Å². The quantitative estimate of drug-likeness (QED) is 0.485. The number of ether oxygens (including phenoxy) is 1. The molecule has 0 bridgehead atoms. The molecule has 0 aliphatic carbocycles. The highest BCUT2D eigenvalue weighted by atomic mass is 16.5. The van der Waals surface area contributed by atoms with Gasteiger partial charge in [-0.25, -0.2) is 10.8 Å². The van der Waals surface area contributed by atoms with E-state index in [0.717, 1.165) is 0 Å². The van der Waals surface area contributed by atoms with Crippen LogP contribution in [-0.4, -0.2) is 44.3 Å². The Hall–Kier alpha value is -2.26. The third kappa shape index (κ3) is 3.36. The van der Waals surface area contributed by atoms with Gasteiger partial charge in [-0.05, 0) is 6.92 Å². The molecule has 1 atom stereocenters. The zero-order valence-electron chi connectivity index (χ0n) is 10.7. The number of hydrogen-bond donors (Lipinski definition) is 3. The molecule has 0 saturated heterocycles. The highest BCUT2D eigenvalue weighted by molar-refractivity contribution is 5.37. The molecule has 0 radical (unpaired) electrons. The number of aromatic nitrogens is 5. The zero-order valence-corrected chi connectivity index (χ0v) is 10.7. The number of hydrazine groups is 1. The Labute approximate surface area is 110 Å². The van der Waals surface area contributed by atoms with E-state index in [1.165, 1.54) is 0 Å². The lowest BCUT2D eigenvalue weighted by molar-refractivity contribution is 0.128. The fourth-order valence-electron chi connectivity index (χ4n) is 1.32. The predicted octanol–water partition coefficient (Wildman–Crippen LogP) is -0.210. The summed E-state index contributed by atoms with van der Waals surface area (Å²) >= 11 is 0. The van der Waals surface area contributed by atoms with Crippen molar-refractivity contribution in [2.24, 2.45) is 5.84 Å². The van der Waals surface area contributed by atoms with E-state index in [4.69, 9.17) is 10.6 Å². The molecule has 0 saturated carbocycles. The number of hydrogen-bond acceptors (Lipinski definition) is 8. The van der Waals surface area contributed by atoms with Gasteiger partial charge in [0.15, 0.2) is 0 Å². The first-order chi connectivity index (χ1) is 9.22. The molecule has 4 N–H and O–H groups in total. The summed E-state index contributed by atoms with van der Waals surface area (Å²) in [5, 5.41) is 3.06. The molecular formula is C10H16N8O. The predicted molar refractivity (Wildman–Crippen MR) is 69.7 cm³/mol. The van der Waals surface area contributed by atoms with Crippen molar-refractivity contribution in [3.63, 3.8) is 0 Å². The van der Waals surface area contributed by atoms with Gasteiger partial charge in [0.1, 0.15) is 6.33 Å². The van der Waals surface area contributed by atoms with E-state index < -0.39 is 0 Å². The van der Waals surface area contributed by atoms with E-state index in [1.807, 2.05) is 6.92 Å². The minimum absolute atomic E-state index is 0.0442. The van der Waals surface area contributed by atoms with Crippen molar-refractivity contribution in [2.45, 2.75) is 13.0 Å². The number of nitrogens with one attached hydrogen (secondary N) is 2. The smallest absolute Gasteiger partial charge is 0.243 e. The molecule has 2 aromatic heterocycles. The fraction of sp³-hybridized carbons (Fsp3) is 0.400. The molecule has 2 heterocycles. The first-order valence-corrected chi connectivity index (χ1v) is 5.70. The summed E-state index contributed by atoms with van der Waals surface area (Å²) in [5.41, 5.74) is 2.40. The molecule has 1 unspecified atom stereocenters. The van der Waals surface area contributed by atoms with Gasteiger partial charge in [0, 0.05) is 26.0 Å². The molecule has 102 valence electrons. The Bertz CT molecular complexity index is 514. The highest BCUT2D eigenvalue weighted by Gasteiger charge is 2.08. The van der Waals surface area contributed by atoms with Crippen molar-refractivity contribution < 1.29 is 4.74 Å². The standard InChI is InChI=1S/C10H16N8O/c1-7(19-2)5-13-8-14-9(17-11)16-10(15-8)18-4-3-12-6-18/h3-4,6-7H,5,11H2,1-2H3,(H2,13,14,15,16,17). The van der Waals surface area contributed by atoms with Crippen LogP contribution >= 0.6 is 0 Å². The second-order valence-electron chi connectivity index (χ2n) is 3.82. The van der Waals surface area contributed by atoms with Crippen molar-refractivity contribution in [2.75, 3.05) is 24.4 Å². The van der Waals surface area contributed by atoms with Gasteiger partial charge >= 0.3 is 0 Å². The molecule has 0 aliphatic rings. The molecular weight excluding hydrogens is 248 g/mol. The molecule has 0 aliphatic heterocycles. The molecule has 9 nitrogen and oxygen atoms in total. The number of rotatable bonds is 6. The summed E-state index contributed by atoms with van der Waals surface area (Å²) in [6, 6.07) is 0. The zero-order chi connectivity index (χ0) is 13.7. The van der Waals surface area contributed by atoms with Crippen LogP contribution in [0, 0.1) is 0 Å². The van der Waals surface area contributed by atoms with Gasteiger partial charge in [0.05, 0.1) is 6.10 Å². The monoisotopic (exact) mass is 264 g/mol. The Morgan fingerprint density at radius 2 is 2.16 bits per heavy atom. The normalized spacial score (nSPS) is 12.2. The van der Waals surface area contributed by atoms with Crippen molar-refractivity contribution in [1.82, 2.24) is 24.5 Å². The summed E-state index contributed by atoms with van der Waals surface area (Å²) in [4.78, 5) is 16.5. The van der Waals surface area contributed by atoms with Gasteiger partial charge in [-0.15, -0.1) is 0 Å². The maximum atomic E-state index is 5.34. The number of imidazole rings is 1. The van der Waals surface area contributed by atoms with Crippen LogP contribution in [0.3, 0.4) is 0 Å². The van der Waals surface area contributed by atoms with E-state index in [1.54, 1.807) is 30.4 Å². The minimum atomic E-state index is 0.0442. The lowest BCUT2D eigenvalue weighted by Crippen LogP contribution is -2.21. The van der Waals surface area contributed by atoms with Crippen molar-refractivity contribution in [3.8, 4) is 5.95 Å². The van der Waals surface area contributed by atoms with Crippen LogP contribution in [0.15, 0.2) is 18.7 Å². The summed E-state index contributed by atoms with van der Waals surface area (Å²) in [6.07, 6.45) is 5.01. The van der Waals surface area contributed by atoms with Crippen molar-refractivity contribution in [3.05, 3.63) is 18.7 Å². The van der Waals surface area contributed by atoms with Gasteiger partial charge in [-0.2, -0.15) is 15.0 Å². The number of nitrogens with zero attached hydrogens (tertiary/aromatic N) is 5. The van der Waals surface area contributed by atoms with Crippen LogP contribution in [-0.2, 0) is 4.74 Å². The van der Waals surface area contributed by atoms with Gasteiger partial charge in [-0.1, -0.05) is 0 Å². The fourth-order valence-corrected chi connectivity index (χ4v) is 1.32. The molecule has 9 heteroatoms. The van der Waals surface area contributed by atoms with E-state index in [0.29, 0.717) is 18.4 Å². The molecule has 0 aromatic carbocycles. The van der Waals surface area contributed by atoms with Crippen LogP contribution in [0.1, 0.15) is 6.92 Å². The number of nitrogen functional groups attached to an aromatic ring is 1. The second-order valence-corrected chi connectivity index (χ2v) is 3.82. The average Bonchev–Trinajstić information content (AvgIpc) is 2.98. The van der Waals surface area contributed by atoms with Gasteiger partial charge in [-0.3, -0.25) is 9.99 Å². The Kier molecular flexibility index (Phi) is 4.21. The number of nitrogens with two attached hydrogens (primary N) is 1. The van der Waals surface area contributed by atoms with Gasteiger partial charge in [0.25, 0.3) is 0 Å². The molecule has 0 spiro atoms. The Morgan fingerprint density at radius 1 is 1.37 bits per heavy atom. The van der Waals surface area contributed by atoms with Crippen LogP contribution in [0.25, 0.3) is 5.95 Å². The first kappa shape index (κ1) is 13.2. The van der Waals surface area contributed by atoms with E-state index >= 15 is 0 Å². The van der Waals surface area contributed by atoms with Crippen LogP contribution in [0.5, 0.6) is 0 Å². The molecule has 2 rings (SSSR count). The lowest BCUT2D eigenvalue weighted by Gasteiger charge is -2.12. The van der Waals surface area contributed by atoms with Gasteiger partial charge < -0.3 is 10.1 Å². The van der Waals surface area contributed by atoms with Crippen molar-refractivity contribution in [1.29, 1.82) is 0 Å². The summed E-state index contributed by atoms with van der Waals surface area (Å²) in [5.74, 6) is 6.45. The Morgan fingerprint density at radius 3 is 2.79 bits per heavy atom. The summed E-state index contributed by atoms with van der Waals surface area (Å²) in [6.45, 7) is 2.51. The summed E-state index contributed by atoms with van der Waals surface area (Å²) < 4.78 is 6.80. The third-order valence-corrected chi connectivity index (χ3v) is 2.44. The van der Waals surface area contributed by atoms with E-state index in [-0.39, 0.29) is 12.1 Å². The SMILES string of the molecule is COC(C)CNc1nc(NN)nc(-n2ccnc2)n1. The maximum Gasteiger partial charge on any atom is 0.243 e. The van der Waals surface area contributed by atoms with E-state index in [2.05, 4.69) is 30.7 Å².